The van der Waals surface area contributed by atoms with Gasteiger partial charge in [0.15, 0.2) is 22.3 Å². The fraction of sp³-hybridized carbons (Fsp3) is 0.768. The number of nitrogens with zero attached hydrogens (tertiary/aromatic N) is 6. The fourth-order valence-electron chi connectivity index (χ4n) is 10.1. The van der Waals surface area contributed by atoms with Gasteiger partial charge in [-0.15, -0.1) is 0 Å². The summed E-state index contributed by atoms with van der Waals surface area (Å²) in [5.41, 5.74) is 13.5. The molecule has 5 aromatic rings. The van der Waals surface area contributed by atoms with Gasteiger partial charge in [-0.05, 0) is 25.3 Å². The Morgan fingerprint density at radius 2 is 0.796 bits per heavy atom. The summed E-state index contributed by atoms with van der Waals surface area (Å²) in [5, 5.41) is 0. The first-order chi connectivity index (χ1) is 45.2. The minimum absolute atomic E-state index is 0.00883. The Morgan fingerprint density at radius 3 is 1.17 bits per heavy atom. The van der Waals surface area contributed by atoms with Gasteiger partial charge in [-0.3, -0.25) is 28.7 Å². The van der Waals surface area contributed by atoms with Crippen molar-refractivity contribution in [2.45, 2.75) is 280 Å². The van der Waals surface area contributed by atoms with Crippen molar-refractivity contribution in [3.05, 3.63) is 68.8 Å². The molecule has 0 amide bonds. The van der Waals surface area contributed by atoms with Crippen LogP contribution >= 0.6 is 15.2 Å². The third-order valence-corrected chi connectivity index (χ3v) is 18.0. The molecule has 2 atom stereocenters. The third kappa shape index (κ3) is 42.1. The molecule has 7 N–H and O–H groups in total. The molecule has 4 heterocycles. The first kappa shape index (κ1) is 84.7. The van der Waals surface area contributed by atoms with Gasteiger partial charge in [-0.1, -0.05) is 270 Å². The molecule has 534 valence electrons. The number of H-pyrrole nitrogens is 2. The Morgan fingerprint density at radius 1 is 0.452 bits per heavy atom. The zero-order valence-corrected chi connectivity index (χ0v) is 60.5. The number of aromatic nitrogens is 8. The average Bonchev–Trinajstić information content (AvgIpc) is 1.74. The molecular weight excluding hydrogens is 1220 g/mol. The molecule has 22 nitrogen and oxygen atoms in total. The van der Waals surface area contributed by atoms with Gasteiger partial charge < -0.3 is 58.0 Å². The van der Waals surface area contributed by atoms with Crippen LogP contribution in [0.15, 0.2) is 46.5 Å². The molecule has 0 bridgehead atoms. The van der Waals surface area contributed by atoms with Gasteiger partial charge in [-0.2, -0.15) is 9.97 Å². The monoisotopic (exact) mass is 1350 g/mol. The van der Waals surface area contributed by atoms with Gasteiger partial charge in [0, 0.05) is 26.3 Å². The summed E-state index contributed by atoms with van der Waals surface area (Å²) in [4.78, 5) is 54.9. The van der Waals surface area contributed by atoms with Crippen molar-refractivity contribution in [1.82, 2.24) is 39.0 Å². The number of unbranched alkanes of at least 4 members (excludes halogenated alkanes) is 30. The van der Waals surface area contributed by atoms with E-state index >= 15 is 0 Å². The molecule has 0 saturated heterocycles. The Balaban J connectivity index is 0.000000601. The summed E-state index contributed by atoms with van der Waals surface area (Å²) in [6.45, 7) is 17.9. The zero-order chi connectivity index (χ0) is 67.9. The van der Waals surface area contributed by atoms with Crippen LogP contribution in [0.1, 0.15) is 265 Å². The second-order valence-electron chi connectivity index (χ2n) is 23.9. The summed E-state index contributed by atoms with van der Waals surface area (Å²) in [5.74, 6) is 0.0000606. The minimum atomic E-state index is -3.87. The van der Waals surface area contributed by atoms with Gasteiger partial charge in [0.25, 0.3) is 11.1 Å². The second-order valence-corrected chi connectivity index (χ2v) is 27.7. The summed E-state index contributed by atoms with van der Waals surface area (Å²) in [7, 11) is -7.45. The lowest BCUT2D eigenvalue weighted by Gasteiger charge is -2.19. The average molecular weight is 1350 g/mol. The molecule has 93 heavy (non-hydrogen) atoms. The standard InChI is InChI=1S/C36H60N5O6P.C28H52N5O6P.C3H8.C2H6/c1-3-4-5-6-7-8-9-10-11-12-13-14-15-16-17-18-24-44-26-27-46-48(43,47-28-32-21-19-31(2)20-22-32)30-45-25-23-41-29-38-33-34(41)39-36(37)40-35(33)42;1-2-3-4-5-6-7-8-9-10-11-12-13-14-15-16-17-19-37-21-22-39-40(35,36)24-38-20-18-33-23-30-25-26(33)31-28(29)32-27(25)34;1-3-2;1-2/h19-22,29H,3-18,23-28,30H2,1-2H3,(H3,37,39,40,42);23H,2-22,24H2,1H3,(H,35,36)(H3,29,31,32,34);3H2,1-2H3;1-2H3. The molecule has 0 fully saturated rings. The van der Waals surface area contributed by atoms with Crippen LogP contribution in [-0.2, 0) is 61.3 Å². The largest absolute Gasteiger partial charge is 0.379 e. The fourth-order valence-corrected chi connectivity index (χ4v) is 12.2. The normalized spacial score (nSPS) is 12.6. The van der Waals surface area contributed by atoms with Gasteiger partial charge in [0.05, 0.1) is 58.9 Å². The minimum Gasteiger partial charge on any atom is -0.379 e. The number of hydrogen-bond acceptors (Lipinski definition) is 17. The van der Waals surface area contributed by atoms with Gasteiger partial charge in [0.1, 0.15) is 12.7 Å². The van der Waals surface area contributed by atoms with Crippen molar-refractivity contribution in [1.29, 1.82) is 0 Å². The lowest BCUT2D eigenvalue weighted by molar-refractivity contribution is 0.0756. The maximum atomic E-state index is 13.6. The first-order valence-corrected chi connectivity index (χ1v) is 39.4. The molecular formula is C69H126N10O12P2. The van der Waals surface area contributed by atoms with Crippen molar-refractivity contribution < 1.29 is 46.5 Å². The van der Waals surface area contributed by atoms with Crippen molar-refractivity contribution in [2.75, 3.05) is 77.0 Å². The molecule has 24 heteroatoms. The number of ether oxygens (including phenoxy) is 4. The van der Waals surface area contributed by atoms with Crippen LogP contribution in [-0.4, -0.2) is 109 Å². The number of nitrogens with one attached hydrogen (secondary N) is 2. The van der Waals surface area contributed by atoms with E-state index in [1.165, 1.54) is 199 Å². The Labute approximate surface area is 558 Å². The molecule has 0 radical (unpaired) electrons. The van der Waals surface area contributed by atoms with Gasteiger partial charge in [-0.25, -0.2) is 9.97 Å². The highest BCUT2D eigenvalue weighted by atomic mass is 31.2. The smallest absolute Gasteiger partial charge is 0.356 e. The lowest BCUT2D eigenvalue weighted by Crippen LogP contribution is -2.14. The number of benzene rings is 1. The Hall–Kier alpha value is -4.34. The number of imidazole rings is 2. The van der Waals surface area contributed by atoms with Crippen molar-refractivity contribution >= 4 is 49.4 Å². The number of aryl methyl sites for hydroxylation is 1. The Kier molecular flexibility index (Phi) is 50.8. The molecule has 0 spiro atoms. The van der Waals surface area contributed by atoms with E-state index in [0.29, 0.717) is 37.7 Å². The zero-order valence-electron chi connectivity index (χ0n) is 58.7. The van der Waals surface area contributed by atoms with E-state index in [2.05, 4.69) is 57.6 Å². The second kappa shape index (κ2) is 55.8. The number of nitrogens with two attached hydrogens (primary N) is 2. The number of rotatable bonds is 55. The molecule has 2 unspecified atom stereocenters. The summed E-state index contributed by atoms with van der Waals surface area (Å²) in [6, 6.07) is 7.84. The third-order valence-electron chi connectivity index (χ3n) is 15.3. The van der Waals surface area contributed by atoms with Crippen LogP contribution in [0.25, 0.3) is 22.3 Å². The summed E-state index contributed by atoms with van der Waals surface area (Å²) in [6.07, 6.45) is 46.2. The maximum absolute atomic E-state index is 13.6. The van der Waals surface area contributed by atoms with Crippen LogP contribution in [0.5, 0.6) is 0 Å². The topological polar surface area (TPSA) is 298 Å². The molecule has 1 aromatic carbocycles. The highest BCUT2D eigenvalue weighted by Gasteiger charge is 2.26. The molecule has 0 aliphatic rings. The van der Waals surface area contributed by atoms with E-state index in [-0.39, 0.29) is 75.5 Å². The van der Waals surface area contributed by atoms with E-state index in [4.69, 9.17) is 44.0 Å². The highest BCUT2D eigenvalue weighted by molar-refractivity contribution is 7.53. The number of aromatic amines is 2. The summed E-state index contributed by atoms with van der Waals surface area (Å²) < 4.78 is 67.9. The van der Waals surface area contributed by atoms with E-state index in [0.717, 1.165) is 36.8 Å². The highest BCUT2D eigenvalue weighted by Crippen LogP contribution is 2.49. The number of nitrogen functional groups attached to an aromatic ring is 2. The predicted molar refractivity (Wildman–Crippen MR) is 380 cm³/mol. The molecule has 0 aliphatic carbocycles. The van der Waals surface area contributed by atoms with Gasteiger partial charge >= 0.3 is 15.2 Å². The Bertz CT molecular complexity index is 2800. The van der Waals surface area contributed by atoms with Gasteiger partial charge in [0.2, 0.25) is 11.9 Å². The molecule has 5 rings (SSSR count). The summed E-state index contributed by atoms with van der Waals surface area (Å²) >= 11 is 0. The lowest BCUT2D eigenvalue weighted by atomic mass is 10.0. The maximum Gasteiger partial charge on any atom is 0.356 e. The predicted octanol–water partition coefficient (Wildman–Crippen LogP) is 17.3. The first-order valence-electron chi connectivity index (χ1n) is 35.9. The van der Waals surface area contributed by atoms with E-state index in [1.807, 2.05) is 45.0 Å². The number of fused-ring (bicyclic) bond motifs is 2. The van der Waals surface area contributed by atoms with E-state index in [9.17, 15) is 23.6 Å². The molecule has 0 aliphatic heterocycles. The van der Waals surface area contributed by atoms with Crippen LogP contribution in [0.3, 0.4) is 0 Å². The number of anilines is 2. The van der Waals surface area contributed by atoms with Crippen molar-refractivity contribution in [3.8, 4) is 0 Å². The van der Waals surface area contributed by atoms with Crippen LogP contribution in [0.4, 0.5) is 11.9 Å². The number of hydrogen-bond donors (Lipinski definition) is 5. The van der Waals surface area contributed by atoms with Crippen LogP contribution in [0.2, 0.25) is 0 Å². The van der Waals surface area contributed by atoms with Crippen LogP contribution < -0.4 is 22.6 Å². The van der Waals surface area contributed by atoms with Crippen molar-refractivity contribution in [2.24, 2.45) is 0 Å². The van der Waals surface area contributed by atoms with Crippen molar-refractivity contribution in [3.63, 3.8) is 0 Å². The molecule has 4 aromatic heterocycles. The SMILES string of the molecule is CC.CCC.CCCCCCCCCCCCCCCCCCOCCOP(=O)(COCCn1cnc2c(=O)[nH]c(N)nc21)OCc1ccc(C)cc1.CCCCCCCCCCCCCCCCCCOCCOP(=O)(O)COCCn1cnc2c(=O)[nH]c(N)nc21. The quantitative estimate of drug-likeness (QED) is 0.0178. The van der Waals surface area contributed by atoms with E-state index < -0.39 is 32.7 Å². The molecule has 0 saturated carbocycles. The van der Waals surface area contributed by atoms with E-state index in [1.54, 1.807) is 9.13 Å². The van der Waals surface area contributed by atoms with Crippen LogP contribution in [0, 0.1) is 6.92 Å².